The van der Waals surface area contributed by atoms with E-state index in [-0.39, 0.29) is 11.8 Å². The van der Waals surface area contributed by atoms with Crippen LogP contribution in [-0.4, -0.2) is 16.8 Å². The zero-order valence-corrected chi connectivity index (χ0v) is 16.2. The summed E-state index contributed by atoms with van der Waals surface area (Å²) in [5.41, 5.74) is 4.06. The average molecular weight is 395 g/mol. The van der Waals surface area contributed by atoms with Crippen molar-refractivity contribution in [2.24, 2.45) is 0 Å². The first-order valence-corrected chi connectivity index (χ1v) is 8.96. The topological polar surface area (TPSA) is 83.1 Å². The lowest BCUT2D eigenvalue weighted by molar-refractivity contribution is -0.114. The standard InChI is InChI=1S/C21H19ClN4O2/c1-13-19(22)4-3-5-20(13)26-21(28)15-10-18(12-23-11-15)25-17-8-6-16(7-9-17)24-14(2)27/h3-12,25H,1-2H3,(H,24,27)(H,26,28). The van der Waals surface area contributed by atoms with Crippen LogP contribution in [0.1, 0.15) is 22.8 Å². The molecule has 2 aromatic carbocycles. The van der Waals surface area contributed by atoms with Gasteiger partial charge in [0.25, 0.3) is 5.91 Å². The van der Waals surface area contributed by atoms with Crippen molar-refractivity contribution >= 4 is 46.2 Å². The molecule has 1 heterocycles. The molecule has 0 fully saturated rings. The lowest BCUT2D eigenvalue weighted by Crippen LogP contribution is -2.13. The fourth-order valence-electron chi connectivity index (χ4n) is 2.58. The molecule has 2 amide bonds. The van der Waals surface area contributed by atoms with Gasteiger partial charge in [0.05, 0.1) is 17.4 Å². The second-order valence-corrected chi connectivity index (χ2v) is 6.62. The molecule has 7 heteroatoms. The number of hydrogen-bond donors (Lipinski definition) is 3. The molecule has 0 bridgehead atoms. The van der Waals surface area contributed by atoms with E-state index in [4.69, 9.17) is 11.6 Å². The van der Waals surface area contributed by atoms with Gasteiger partial charge in [0.1, 0.15) is 0 Å². The molecule has 1 aromatic heterocycles. The van der Waals surface area contributed by atoms with Crippen LogP contribution in [0.4, 0.5) is 22.7 Å². The fourth-order valence-corrected chi connectivity index (χ4v) is 2.75. The number of benzene rings is 2. The number of amides is 2. The molecule has 0 radical (unpaired) electrons. The predicted octanol–water partition coefficient (Wildman–Crippen LogP) is 5.00. The zero-order chi connectivity index (χ0) is 20.1. The number of pyridine rings is 1. The summed E-state index contributed by atoms with van der Waals surface area (Å²) in [6.45, 7) is 3.30. The zero-order valence-electron chi connectivity index (χ0n) is 15.4. The Bertz CT molecular complexity index is 1020. The van der Waals surface area contributed by atoms with Crippen molar-refractivity contribution in [3.05, 3.63) is 77.1 Å². The second kappa shape index (κ2) is 8.54. The highest BCUT2D eigenvalue weighted by Gasteiger charge is 2.10. The molecule has 3 N–H and O–H groups in total. The van der Waals surface area contributed by atoms with E-state index in [0.29, 0.717) is 27.6 Å². The van der Waals surface area contributed by atoms with Crippen LogP contribution in [0.25, 0.3) is 0 Å². The summed E-state index contributed by atoms with van der Waals surface area (Å²) in [6, 6.07) is 14.3. The van der Waals surface area contributed by atoms with Crippen LogP contribution in [0.15, 0.2) is 60.9 Å². The number of aromatic nitrogens is 1. The maximum Gasteiger partial charge on any atom is 0.257 e. The minimum atomic E-state index is -0.275. The van der Waals surface area contributed by atoms with Crippen molar-refractivity contribution in [3.8, 4) is 0 Å². The van der Waals surface area contributed by atoms with Crippen molar-refractivity contribution in [1.29, 1.82) is 0 Å². The van der Waals surface area contributed by atoms with E-state index in [2.05, 4.69) is 20.9 Å². The van der Waals surface area contributed by atoms with Gasteiger partial charge in [-0.05, 0) is 55.0 Å². The van der Waals surface area contributed by atoms with Gasteiger partial charge in [0.15, 0.2) is 0 Å². The number of hydrogen-bond acceptors (Lipinski definition) is 4. The smallest absolute Gasteiger partial charge is 0.257 e. The first kappa shape index (κ1) is 19.4. The first-order chi connectivity index (χ1) is 13.4. The molecule has 3 aromatic rings. The lowest BCUT2D eigenvalue weighted by atomic mass is 10.2. The van der Waals surface area contributed by atoms with Crippen LogP contribution in [0.5, 0.6) is 0 Å². The van der Waals surface area contributed by atoms with Crippen LogP contribution in [-0.2, 0) is 4.79 Å². The van der Waals surface area contributed by atoms with Crippen molar-refractivity contribution in [2.75, 3.05) is 16.0 Å². The van der Waals surface area contributed by atoms with Crippen molar-refractivity contribution in [1.82, 2.24) is 4.98 Å². The monoisotopic (exact) mass is 394 g/mol. The third-order valence-electron chi connectivity index (χ3n) is 4.01. The van der Waals surface area contributed by atoms with Gasteiger partial charge in [0, 0.05) is 35.2 Å². The Morgan fingerprint density at radius 1 is 0.929 bits per heavy atom. The van der Waals surface area contributed by atoms with E-state index in [1.54, 1.807) is 42.6 Å². The second-order valence-electron chi connectivity index (χ2n) is 6.21. The van der Waals surface area contributed by atoms with Gasteiger partial charge in [-0.2, -0.15) is 0 Å². The molecule has 0 aliphatic rings. The number of rotatable bonds is 5. The van der Waals surface area contributed by atoms with Crippen LogP contribution in [0.2, 0.25) is 5.02 Å². The molecule has 0 saturated heterocycles. The maximum absolute atomic E-state index is 12.6. The minimum Gasteiger partial charge on any atom is -0.354 e. The molecule has 0 unspecified atom stereocenters. The van der Waals surface area contributed by atoms with Crippen LogP contribution in [0.3, 0.4) is 0 Å². The van der Waals surface area contributed by atoms with Crippen molar-refractivity contribution in [2.45, 2.75) is 13.8 Å². The van der Waals surface area contributed by atoms with Crippen LogP contribution >= 0.6 is 11.6 Å². The number of halogens is 1. The van der Waals surface area contributed by atoms with Gasteiger partial charge in [-0.25, -0.2) is 0 Å². The molecule has 0 atom stereocenters. The molecule has 0 aliphatic carbocycles. The molecule has 0 aliphatic heterocycles. The summed E-state index contributed by atoms with van der Waals surface area (Å²) >= 11 is 6.10. The Morgan fingerprint density at radius 2 is 1.64 bits per heavy atom. The molecule has 28 heavy (non-hydrogen) atoms. The Labute approximate surface area is 168 Å². The van der Waals surface area contributed by atoms with Gasteiger partial charge in [-0.15, -0.1) is 0 Å². The summed E-state index contributed by atoms with van der Waals surface area (Å²) in [6.07, 6.45) is 3.13. The third-order valence-corrected chi connectivity index (χ3v) is 4.42. The van der Waals surface area contributed by atoms with Gasteiger partial charge in [0.2, 0.25) is 5.91 Å². The summed E-state index contributed by atoms with van der Waals surface area (Å²) in [7, 11) is 0. The Balaban J connectivity index is 1.72. The van der Waals surface area contributed by atoms with Gasteiger partial charge < -0.3 is 16.0 Å². The Hall–Kier alpha value is -3.38. The molecule has 0 saturated carbocycles. The largest absolute Gasteiger partial charge is 0.354 e. The SMILES string of the molecule is CC(=O)Nc1ccc(Nc2cncc(C(=O)Nc3cccc(Cl)c3C)c2)cc1. The minimum absolute atomic E-state index is 0.126. The maximum atomic E-state index is 12.6. The highest BCUT2D eigenvalue weighted by atomic mass is 35.5. The summed E-state index contributed by atoms with van der Waals surface area (Å²) in [5.74, 6) is -0.402. The number of carbonyl (C=O) groups is 2. The van der Waals surface area contributed by atoms with E-state index in [1.165, 1.54) is 13.1 Å². The first-order valence-electron chi connectivity index (χ1n) is 8.58. The fraction of sp³-hybridized carbons (Fsp3) is 0.0952. The van der Waals surface area contributed by atoms with Gasteiger partial charge in [-0.3, -0.25) is 14.6 Å². The summed E-state index contributed by atoms with van der Waals surface area (Å²) in [4.78, 5) is 27.8. The number of nitrogens with one attached hydrogen (secondary N) is 3. The lowest BCUT2D eigenvalue weighted by Gasteiger charge is -2.11. The molecule has 0 spiro atoms. The van der Waals surface area contributed by atoms with E-state index in [0.717, 1.165) is 11.3 Å². The van der Waals surface area contributed by atoms with E-state index in [1.807, 2.05) is 19.1 Å². The summed E-state index contributed by atoms with van der Waals surface area (Å²) < 4.78 is 0. The number of nitrogens with zero attached hydrogens (tertiary/aromatic N) is 1. The van der Waals surface area contributed by atoms with Crippen molar-refractivity contribution in [3.63, 3.8) is 0 Å². The third kappa shape index (κ3) is 4.86. The van der Waals surface area contributed by atoms with Crippen molar-refractivity contribution < 1.29 is 9.59 Å². The van der Waals surface area contributed by atoms with Crippen LogP contribution < -0.4 is 16.0 Å². The molecular weight excluding hydrogens is 376 g/mol. The molecule has 142 valence electrons. The molecule has 6 nitrogen and oxygen atoms in total. The van der Waals surface area contributed by atoms with Crippen LogP contribution in [0, 0.1) is 6.92 Å². The Morgan fingerprint density at radius 3 is 2.36 bits per heavy atom. The van der Waals surface area contributed by atoms with E-state index < -0.39 is 0 Å². The number of anilines is 4. The van der Waals surface area contributed by atoms with Gasteiger partial charge >= 0.3 is 0 Å². The predicted molar refractivity (Wildman–Crippen MR) is 112 cm³/mol. The van der Waals surface area contributed by atoms with E-state index in [9.17, 15) is 9.59 Å². The highest BCUT2D eigenvalue weighted by Crippen LogP contribution is 2.24. The van der Waals surface area contributed by atoms with Gasteiger partial charge in [-0.1, -0.05) is 17.7 Å². The average Bonchev–Trinajstić information content (AvgIpc) is 2.67. The molecule has 3 rings (SSSR count). The number of carbonyl (C=O) groups excluding carboxylic acids is 2. The summed E-state index contributed by atoms with van der Waals surface area (Å²) in [5, 5.41) is 9.34. The normalized spacial score (nSPS) is 10.2. The quantitative estimate of drug-likeness (QED) is 0.568. The Kier molecular flexibility index (Phi) is 5.91. The van der Waals surface area contributed by atoms with E-state index >= 15 is 0 Å². The molecular formula is C21H19ClN4O2. The highest BCUT2D eigenvalue weighted by molar-refractivity contribution is 6.31.